The molecule has 2 amide bonds. The van der Waals surface area contributed by atoms with E-state index in [-0.39, 0.29) is 18.2 Å². The van der Waals surface area contributed by atoms with E-state index >= 15 is 0 Å². The van der Waals surface area contributed by atoms with E-state index in [4.69, 9.17) is 9.47 Å². The number of hydrogen-bond acceptors (Lipinski definition) is 5. The zero-order valence-corrected chi connectivity index (χ0v) is 17.3. The highest BCUT2D eigenvalue weighted by Gasteiger charge is 2.33. The van der Waals surface area contributed by atoms with Crippen molar-refractivity contribution in [3.05, 3.63) is 35.9 Å². The summed E-state index contributed by atoms with van der Waals surface area (Å²) >= 11 is 0. The molecule has 7 heteroatoms. The molecular formula is C21H31N3O4. The van der Waals surface area contributed by atoms with Gasteiger partial charge in [0.25, 0.3) is 0 Å². The largest absolute Gasteiger partial charge is 0.497 e. The highest BCUT2D eigenvalue weighted by Crippen LogP contribution is 2.27. The lowest BCUT2D eigenvalue weighted by Gasteiger charge is -2.36. The van der Waals surface area contributed by atoms with E-state index in [1.807, 2.05) is 36.9 Å². The summed E-state index contributed by atoms with van der Waals surface area (Å²) in [4.78, 5) is 29.1. The summed E-state index contributed by atoms with van der Waals surface area (Å²) in [5.74, 6) is 1.26. The van der Waals surface area contributed by atoms with Gasteiger partial charge in [-0.25, -0.2) is 0 Å². The van der Waals surface area contributed by atoms with Gasteiger partial charge < -0.3 is 19.7 Å². The van der Waals surface area contributed by atoms with E-state index in [1.165, 1.54) is 0 Å². The first-order chi connectivity index (χ1) is 13.4. The second-order valence-corrected chi connectivity index (χ2v) is 7.02. The van der Waals surface area contributed by atoms with Gasteiger partial charge in [-0.3, -0.25) is 14.5 Å². The lowest BCUT2D eigenvalue weighted by molar-refractivity contribution is -0.138. The van der Waals surface area contributed by atoms with Crippen molar-refractivity contribution < 1.29 is 19.1 Å². The number of rotatable bonds is 9. The van der Waals surface area contributed by atoms with Crippen LogP contribution >= 0.6 is 0 Å². The van der Waals surface area contributed by atoms with Gasteiger partial charge in [-0.05, 0) is 19.9 Å². The Kier molecular flexibility index (Phi) is 7.87. The van der Waals surface area contributed by atoms with Crippen molar-refractivity contribution in [3.8, 4) is 11.5 Å². The quantitative estimate of drug-likeness (QED) is 0.653. The van der Waals surface area contributed by atoms with Gasteiger partial charge in [0.1, 0.15) is 11.5 Å². The number of methoxy groups -OCH3 is 2. The molecule has 28 heavy (non-hydrogen) atoms. The predicted octanol–water partition coefficient (Wildman–Crippen LogP) is 1.82. The molecule has 1 aliphatic heterocycles. The van der Waals surface area contributed by atoms with Gasteiger partial charge in [-0.15, -0.1) is 0 Å². The van der Waals surface area contributed by atoms with Gasteiger partial charge in [-0.2, -0.15) is 0 Å². The summed E-state index contributed by atoms with van der Waals surface area (Å²) in [6, 6.07) is 5.12. The molecule has 1 aromatic carbocycles. The Morgan fingerprint density at radius 2 is 2.11 bits per heavy atom. The minimum atomic E-state index is -0.507. The van der Waals surface area contributed by atoms with Crippen molar-refractivity contribution in [2.45, 2.75) is 32.9 Å². The second kappa shape index (κ2) is 10.1. The number of ether oxygens (including phenoxy) is 2. The molecule has 1 aliphatic rings. The Bertz CT molecular complexity index is 720. The maximum Gasteiger partial charge on any atom is 0.237 e. The predicted molar refractivity (Wildman–Crippen MR) is 108 cm³/mol. The molecule has 1 N–H and O–H groups in total. The van der Waals surface area contributed by atoms with E-state index in [1.54, 1.807) is 19.1 Å². The maximum absolute atomic E-state index is 12.8. The van der Waals surface area contributed by atoms with E-state index in [0.29, 0.717) is 44.2 Å². The molecular weight excluding hydrogens is 358 g/mol. The van der Waals surface area contributed by atoms with Crippen LogP contribution in [0.25, 0.3) is 0 Å². The number of piperazine rings is 1. The lowest BCUT2D eigenvalue weighted by atomic mass is 10.1. The molecule has 1 aromatic rings. The van der Waals surface area contributed by atoms with E-state index in [0.717, 1.165) is 11.1 Å². The molecule has 1 heterocycles. The maximum atomic E-state index is 12.8. The van der Waals surface area contributed by atoms with Crippen LogP contribution in [0.2, 0.25) is 0 Å². The third kappa shape index (κ3) is 5.48. The molecule has 0 unspecified atom stereocenters. The molecule has 1 fully saturated rings. The fraction of sp³-hybridized carbons (Fsp3) is 0.524. The molecule has 1 saturated heterocycles. The van der Waals surface area contributed by atoms with Crippen molar-refractivity contribution in [1.82, 2.24) is 15.1 Å². The van der Waals surface area contributed by atoms with E-state index in [2.05, 4.69) is 11.9 Å². The fourth-order valence-corrected chi connectivity index (χ4v) is 3.37. The lowest BCUT2D eigenvalue weighted by Crippen LogP contribution is -2.56. The number of nitrogens with one attached hydrogen (secondary N) is 1. The molecule has 0 bridgehead atoms. The topological polar surface area (TPSA) is 71.1 Å². The summed E-state index contributed by atoms with van der Waals surface area (Å²) in [5, 5.41) is 2.88. The van der Waals surface area contributed by atoms with Crippen LogP contribution in [0.5, 0.6) is 11.5 Å². The van der Waals surface area contributed by atoms with Crippen LogP contribution in [0, 0.1) is 0 Å². The molecule has 0 radical (unpaired) electrons. The SMILES string of the molecule is C=C(C)CN(CC)C(=O)C[C@H]1C(=O)NCCN1Cc1ccc(OC)cc1OC. The van der Waals surface area contributed by atoms with Crippen LogP contribution in [-0.2, 0) is 16.1 Å². The van der Waals surface area contributed by atoms with Crippen LogP contribution in [0.3, 0.4) is 0 Å². The number of carbonyl (C=O) groups is 2. The molecule has 1 atom stereocenters. The number of benzene rings is 1. The van der Waals surface area contributed by atoms with Crippen LogP contribution < -0.4 is 14.8 Å². The van der Waals surface area contributed by atoms with Crippen LogP contribution in [0.4, 0.5) is 0 Å². The second-order valence-electron chi connectivity index (χ2n) is 7.02. The normalized spacial score (nSPS) is 17.0. The Labute approximate surface area is 167 Å². The molecule has 0 spiro atoms. The smallest absolute Gasteiger partial charge is 0.237 e. The molecule has 0 saturated carbocycles. The average molecular weight is 389 g/mol. The van der Waals surface area contributed by atoms with Gasteiger partial charge in [0.2, 0.25) is 11.8 Å². The minimum Gasteiger partial charge on any atom is -0.497 e. The van der Waals surface area contributed by atoms with Crippen molar-refractivity contribution in [3.63, 3.8) is 0 Å². The Morgan fingerprint density at radius 3 is 2.71 bits per heavy atom. The highest BCUT2D eigenvalue weighted by atomic mass is 16.5. The molecule has 0 aromatic heterocycles. The van der Waals surface area contributed by atoms with Gasteiger partial charge in [0, 0.05) is 44.4 Å². The Balaban J connectivity index is 2.17. The number of carbonyl (C=O) groups excluding carboxylic acids is 2. The third-order valence-electron chi connectivity index (χ3n) is 4.87. The summed E-state index contributed by atoms with van der Waals surface area (Å²) in [6.45, 7) is 10.6. The molecule has 2 rings (SSSR count). The van der Waals surface area contributed by atoms with Gasteiger partial charge in [0.05, 0.1) is 26.7 Å². The highest BCUT2D eigenvalue weighted by molar-refractivity contribution is 5.89. The summed E-state index contributed by atoms with van der Waals surface area (Å²) < 4.78 is 10.7. The van der Waals surface area contributed by atoms with E-state index in [9.17, 15) is 9.59 Å². The van der Waals surface area contributed by atoms with Crippen molar-refractivity contribution >= 4 is 11.8 Å². The summed E-state index contributed by atoms with van der Waals surface area (Å²) in [6.07, 6.45) is 0.144. The minimum absolute atomic E-state index is 0.0424. The fourth-order valence-electron chi connectivity index (χ4n) is 3.37. The van der Waals surface area contributed by atoms with Crippen molar-refractivity contribution in [1.29, 1.82) is 0 Å². The Morgan fingerprint density at radius 1 is 1.36 bits per heavy atom. The molecule has 0 aliphatic carbocycles. The first kappa shape index (κ1) is 21.8. The average Bonchev–Trinajstić information content (AvgIpc) is 2.68. The van der Waals surface area contributed by atoms with E-state index < -0.39 is 6.04 Å². The monoisotopic (exact) mass is 389 g/mol. The summed E-state index contributed by atoms with van der Waals surface area (Å²) in [7, 11) is 3.22. The third-order valence-corrected chi connectivity index (χ3v) is 4.87. The number of hydrogen-bond donors (Lipinski definition) is 1. The van der Waals surface area contributed by atoms with Crippen LogP contribution in [0.1, 0.15) is 25.8 Å². The Hall–Kier alpha value is -2.54. The molecule has 7 nitrogen and oxygen atoms in total. The standard InChI is InChI=1S/C21H31N3O4/c1-6-23(13-15(2)3)20(25)12-18-21(26)22-9-10-24(18)14-16-7-8-17(27-4)11-19(16)28-5/h7-8,11,18H,2,6,9-10,12-14H2,1,3-5H3,(H,22,26)/t18-/m0/s1. The number of likely N-dealkylation sites (N-methyl/N-ethyl adjacent to an activating group) is 1. The zero-order chi connectivity index (χ0) is 20.7. The van der Waals surface area contributed by atoms with Crippen LogP contribution in [-0.4, -0.2) is 68.1 Å². The summed E-state index contributed by atoms with van der Waals surface area (Å²) in [5.41, 5.74) is 1.87. The first-order valence-electron chi connectivity index (χ1n) is 9.54. The van der Waals surface area contributed by atoms with Crippen LogP contribution in [0.15, 0.2) is 30.4 Å². The zero-order valence-electron chi connectivity index (χ0n) is 17.3. The van der Waals surface area contributed by atoms with Crippen molar-refractivity contribution in [2.75, 3.05) is 40.4 Å². The van der Waals surface area contributed by atoms with Gasteiger partial charge in [0.15, 0.2) is 0 Å². The number of amides is 2. The molecule has 154 valence electrons. The van der Waals surface area contributed by atoms with Gasteiger partial charge >= 0.3 is 0 Å². The first-order valence-corrected chi connectivity index (χ1v) is 9.54. The number of nitrogens with zero attached hydrogens (tertiary/aromatic N) is 2. The van der Waals surface area contributed by atoms with Gasteiger partial charge in [-0.1, -0.05) is 18.2 Å². The van der Waals surface area contributed by atoms with Crippen molar-refractivity contribution in [2.24, 2.45) is 0 Å².